The summed E-state index contributed by atoms with van der Waals surface area (Å²) in [5.41, 5.74) is 1.22. The number of hydrogen-bond donors (Lipinski definition) is 2. The number of rotatable bonds is 7. The second-order valence-electron chi connectivity index (χ2n) is 12.3. The van der Waals surface area contributed by atoms with Gasteiger partial charge >= 0.3 is 0 Å². The second kappa shape index (κ2) is 10.1. The second-order valence-corrected chi connectivity index (χ2v) is 14.0. The summed E-state index contributed by atoms with van der Waals surface area (Å²) in [6.07, 6.45) is 3.89. The summed E-state index contributed by atoms with van der Waals surface area (Å²) in [4.78, 5) is 26.4. The molecule has 0 unspecified atom stereocenters. The number of carbonyl (C=O) groups is 1. The number of aromatic nitrogens is 2. The molecule has 1 saturated carbocycles. The first-order valence-electron chi connectivity index (χ1n) is 14.2. The zero-order chi connectivity index (χ0) is 29.0. The number of anilines is 3. The predicted molar refractivity (Wildman–Crippen MR) is 150 cm³/mol. The Morgan fingerprint density at radius 3 is 2.22 bits per heavy atom. The number of aryl methyl sites for hydroxylation is 1. The van der Waals surface area contributed by atoms with Gasteiger partial charge in [-0.15, -0.1) is 0 Å². The largest absolute Gasteiger partial charge is 0.377 e. The maximum atomic E-state index is 13.7. The Morgan fingerprint density at radius 2 is 1.61 bits per heavy atom. The molecule has 4 aliphatic rings. The highest BCUT2D eigenvalue weighted by Gasteiger charge is 2.45. The maximum absolute atomic E-state index is 13.7. The fourth-order valence-electron chi connectivity index (χ4n) is 5.86. The van der Waals surface area contributed by atoms with E-state index in [0.29, 0.717) is 41.5 Å². The molecule has 0 atom stereocenters. The van der Waals surface area contributed by atoms with Crippen LogP contribution in [0.25, 0.3) is 0 Å². The van der Waals surface area contributed by atoms with Gasteiger partial charge in [0.25, 0.3) is 11.8 Å². The van der Waals surface area contributed by atoms with Gasteiger partial charge in [-0.3, -0.25) is 4.79 Å². The number of benzene rings is 1. The minimum atomic E-state index is -3.85. The van der Waals surface area contributed by atoms with Crippen LogP contribution >= 0.6 is 0 Å². The van der Waals surface area contributed by atoms with Gasteiger partial charge in [0.1, 0.15) is 5.82 Å². The fourth-order valence-corrected chi connectivity index (χ4v) is 7.26. The highest BCUT2D eigenvalue weighted by atomic mass is 32.2. The van der Waals surface area contributed by atoms with E-state index in [-0.39, 0.29) is 36.6 Å². The molecule has 4 fully saturated rings. The van der Waals surface area contributed by atoms with E-state index in [1.807, 2.05) is 0 Å². The van der Waals surface area contributed by atoms with Crippen molar-refractivity contribution in [2.45, 2.75) is 68.7 Å². The molecule has 2 aromatic rings. The summed E-state index contributed by atoms with van der Waals surface area (Å²) in [5.74, 6) is -2.58. The molecule has 222 valence electrons. The molecule has 6 rings (SSSR count). The van der Waals surface area contributed by atoms with E-state index in [4.69, 9.17) is 4.74 Å². The monoisotopic (exact) mass is 590 g/mol. The van der Waals surface area contributed by atoms with Crippen molar-refractivity contribution in [2.24, 2.45) is 5.41 Å². The van der Waals surface area contributed by atoms with Gasteiger partial charge < -0.3 is 19.9 Å². The number of nitrogens with one attached hydrogen (secondary N) is 2. The molecule has 1 amide bonds. The summed E-state index contributed by atoms with van der Waals surface area (Å²) < 4.78 is 61.8. The van der Waals surface area contributed by atoms with Crippen molar-refractivity contribution in [2.75, 3.05) is 54.5 Å². The fraction of sp³-hybridized carbons (Fsp3) is 0.607. The van der Waals surface area contributed by atoms with Gasteiger partial charge in [-0.1, -0.05) is 0 Å². The van der Waals surface area contributed by atoms with Gasteiger partial charge in [-0.05, 0) is 63.1 Å². The third-order valence-electron chi connectivity index (χ3n) is 8.73. The summed E-state index contributed by atoms with van der Waals surface area (Å²) in [6, 6.07) is 6.19. The normalized spacial score (nSPS) is 22.7. The molecular weight excluding hydrogens is 554 g/mol. The van der Waals surface area contributed by atoms with Crippen molar-refractivity contribution >= 4 is 33.4 Å². The summed E-state index contributed by atoms with van der Waals surface area (Å²) >= 11 is 0. The van der Waals surface area contributed by atoms with Crippen molar-refractivity contribution in [3.05, 3.63) is 35.5 Å². The molecule has 1 aromatic heterocycles. The van der Waals surface area contributed by atoms with Crippen LogP contribution in [0.5, 0.6) is 0 Å². The lowest BCUT2D eigenvalue weighted by Crippen LogP contribution is -2.59. The first-order valence-corrected chi connectivity index (χ1v) is 15.6. The first-order chi connectivity index (χ1) is 19.3. The Bertz CT molecular complexity index is 1440. The summed E-state index contributed by atoms with van der Waals surface area (Å²) in [6.45, 7) is 5.87. The topological polar surface area (TPSA) is 117 Å². The van der Waals surface area contributed by atoms with Crippen molar-refractivity contribution in [3.8, 4) is 0 Å². The number of alkyl halides is 2. The van der Waals surface area contributed by atoms with Crippen molar-refractivity contribution in [1.29, 1.82) is 0 Å². The molecule has 4 heterocycles. The highest BCUT2D eigenvalue weighted by Crippen LogP contribution is 2.54. The van der Waals surface area contributed by atoms with Gasteiger partial charge in [0.15, 0.2) is 0 Å². The zero-order valence-corrected chi connectivity index (χ0v) is 24.2. The van der Waals surface area contributed by atoms with E-state index in [1.165, 1.54) is 18.9 Å². The van der Waals surface area contributed by atoms with Gasteiger partial charge in [0.05, 0.1) is 34.9 Å². The third kappa shape index (κ3) is 6.02. The Hall–Kier alpha value is -2.90. The van der Waals surface area contributed by atoms with Crippen LogP contribution in [0, 0.1) is 12.3 Å². The molecular formula is C28H36F2N6O4S. The number of nitrogens with zero attached hydrogens (tertiary/aromatic N) is 4. The molecule has 3 saturated heterocycles. The Kier molecular flexibility index (Phi) is 6.97. The van der Waals surface area contributed by atoms with Crippen LogP contribution in [0.15, 0.2) is 29.2 Å². The number of hydrogen-bond acceptors (Lipinski definition) is 8. The summed E-state index contributed by atoms with van der Waals surface area (Å²) in [5, 5.41) is 2.84. The van der Waals surface area contributed by atoms with Crippen LogP contribution in [-0.4, -0.2) is 75.1 Å². The highest BCUT2D eigenvalue weighted by molar-refractivity contribution is 7.89. The van der Waals surface area contributed by atoms with Gasteiger partial charge in [0.2, 0.25) is 16.0 Å². The molecule has 0 radical (unpaired) electrons. The number of amides is 1. The molecule has 1 aromatic carbocycles. The van der Waals surface area contributed by atoms with Crippen LogP contribution in [0.4, 0.5) is 26.2 Å². The standard InChI is InChI=1S/C28H36F2N6O4S/c1-19-15-23(33-25(31-19)36-13-9-28(29,30)10-14-36)32-24(37)21-4-3-20(41(38,39)34-26(2)17-40-18-26)16-22(21)35-11-7-27(5-6-27)8-12-35/h3-4,15-16,34H,5-14,17-18H2,1-2H3,(H,31,32,33,37). The number of ether oxygens (including phenoxy) is 1. The minimum absolute atomic E-state index is 0.0888. The Morgan fingerprint density at radius 1 is 0.951 bits per heavy atom. The third-order valence-corrected chi connectivity index (χ3v) is 10.4. The smallest absolute Gasteiger partial charge is 0.258 e. The van der Waals surface area contributed by atoms with E-state index in [1.54, 1.807) is 36.9 Å². The van der Waals surface area contributed by atoms with E-state index in [0.717, 1.165) is 25.9 Å². The van der Waals surface area contributed by atoms with E-state index >= 15 is 0 Å². The number of sulfonamides is 1. The lowest BCUT2D eigenvalue weighted by molar-refractivity contribution is -0.0523. The quantitative estimate of drug-likeness (QED) is 0.501. The van der Waals surface area contributed by atoms with Crippen LogP contribution in [0.1, 0.15) is 61.5 Å². The molecule has 13 heteroatoms. The lowest BCUT2D eigenvalue weighted by atomic mass is 9.93. The van der Waals surface area contributed by atoms with Crippen LogP contribution in [0.3, 0.4) is 0 Å². The van der Waals surface area contributed by atoms with Gasteiger partial charge in [0, 0.05) is 50.8 Å². The molecule has 1 spiro atoms. The lowest BCUT2D eigenvalue weighted by Gasteiger charge is -2.38. The number of piperidine rings is 2. The number of halogens is 2. The first kappa shape index (κ1) is 28.2. The average molecular weight is 591 g/mol. The van der Waals surface area contributed by atoms with Crippen molar-refractivity contribution in [1.82, 2.24) is 14.7 Å². The molecule has 3 aliphatic heterocycles. The zero-order valence-electron chi connectivity index (χ0n) is 23.4. The summed E-state index contributed by atoms with van der Waals surface area (Å²) in [7, 11) is -3.85. The minimum Gasteiger partial charge on any atom is -0.377 e. The maximum Gasteiger partial charge on any atom is 0.258 e. The van der Waals surface area contributed by atoms with E-state index < -0.39 is 27.4 Å². The van der Waals surface area contributed by atoms with E-state index in [9.17, 15) is 22.0 Å². The molecule has 0 bridgehead atoms. The van der Waals surface area contributed by atoms with Crippen molar-refractivity contribution < 1.29 is 26.7 Å². The van der Waals surface area contributed by atoms with E-state index in [2.05, 4.69) is 24.9 Å². The van der Waals surface area contributed by atoms with Crippen molar-refractivity contribution in [3.63, 3.8) is 0 Å². The van der Waals surface area contributed by atoms with Gasteiger partial charge in [-0.2, -0.15) is 4.98 Å². The molecule has 10 nitrogen and oxygen atoms in total. The van der Waals surface area contributed by atoms with Gasteiger partial charge in [-0.25, -0.2) is 26.9 Å². The van der Waals surface area contributed by atoms with Crippen LogP contribution in [0.2, 0.25) is 0 Å². The number of carbonyl (C=O) groups excluding carboxylic acids is 1. The Labute approximate surface area is 238 Å². The SMILES string of the molecule is Cc1cc(NC(=O)c2ccc(S(=O)(=O)NC3(C)COC3)cc2N2CCC3(CC2)CC3)nc(N2CCC(F)(F)CC2)n1. The molecule has 2 N–H and O–H groups in total. The van der Waals surface area contributed by atoms with Crippen LogP contribution < -0.4 is 19.8 Å². The molecule has 1 aliphatic carbocycles. The average Bonchev–Trinajstić information content (AvgIpc) is 3.65. The molecule has 41 heavy (non-hydrogen) atoms. The van der Waals surface area contributed by atoms with Crippen LogP contribution in [-0.2, 0) is 14.8 Å². The predicted octanol–water partition coefficient (Wildman–Crippen LogP) is 3.72. The Balaban J connectivity index is 1.27.